The summed E-state index contributed by atoms with van der Waals surface area (Å²) in [5, 5.41) is 5.58. The highest BCUT2D eigenvalue weighted by atomic mass is 16.2. The second kappa shape index (κ2) is 8.86. The van der Waals surface area contributed by atoms with Gasteiger partial charge in [-0.05, 0) is 61.6 Å². The van der Waals surface area contributed by atoms with Gasteiger partial charge in [0.25, 0.3) is 5.91 Å². The van der Waals surface area contributed by atoms with Gasteiger partial charge in [-0.1, -0.05) is 44.2 Å². The van der Waals surface area contributed by atoms with Crippen molar-refractivity contribution in [2.45, 2.75) is 45.6 Å². The number of amides is 1. The third-order valence-electron chi connectivity index (χ3n) is 5.14. The van der Waals surface area contributed by atoms with Crippen molar-refractivity contribution in [2.24, 2.45) is 0 Å². The van der Waals surface area contributed by atoms with E-state index in [2.05, 4.69) is 47.8 Å². The van der Waals surface area contributed by atoms with Gasteiger partial charge in [0.05, 0.1) is 11.7 Å². The van der Waals surface area contributed by atoms with Crippen molar-refractivity contribution in [3.63, 3.8) is 0 Å². The summed E-state index contributed by atoms with van der Waals surface area (Å²) in [6.45, 7) is 6.31. The van der Waals surface area contributed by atoms with E-state index in [1.807, 2.05) is 30.3 Å². The van der Waals surface area contributed by atoms with Crippen molar-refractivity contribution >= 4 is 11.6 Å². The summed E-state index contributed by atoms with van der Waals surface area (Å²) in [5.41, 5.74) is 7.70. The summed E-state index contributed by atoms with van der Waals surface area (Å²) in [6.07, 6.45) is 4.15. The number of piperidine rings is 1. The monoisotopic (exact) mass is 351 g/mol. The van der Waals surface area contributed by atoms with Gasteiger partial charge in [-0.15, -0.1) is 0 Å². The molecule has 0 aromatic heterocycles. The van der Waals surface area contributed by atoms with Crippen LogP contribution in [0.15, 0.2) is 48.5 Å². The van der Waals surface area contributed by atoms with Gasteiger partial charge in [0.2, 0.25) is 0 Å². The van der Waals surface area contributed by atoms with Crippen molar-refractivity contribution in [1.82, 2.24) is 10.7 Å². The number of hydrazine groups is 1. The van der Waals surface area contributed by atoms with Crippen LogP contribution in [0.5, 0.6) is 0 Å². The quantitative estimate of drug-likeness (QED) is 0.780. The summed E-state index contributed by atoms with van der Waals surface area (Å²) in [7, 11) is 0. The standard InChI is InChI=1S/C22H29N3O/c1-3-17-12-8-14-21(20(17)4-2)25(19-13-9-15-23-16-19)24-22(26)18-10-6-5-7-11-18/h5-8,10-12,14,19,23H,3-4,9,13,15-16H2,1-2H3,(H,24,26). The normalized spacial score (nSPS) is 16.9. The Hall–Kier alpha value is -2.33. The average Bonchev–Trinajstić information content (AvgIpc) is 2.72. The maximum atomic E-state index is 12.9. The van der Waals surface area contributed by atoms with Crippen LogP contribution in [0, 0.1) is 0 Å². The molecule has 1 aliphatic rings. The van der Waals surface area contributed by atoms with Crippen molar-refractivity contribution in [2.75, 3.05) is 18.1 Å². The van der Waals surface area contributed by atoms with Crippen LogP contribution in [0.25, 0.3) is 0 Å². The zero-order valence-corrected chi connectivity index (χ0v) is 15.8. The fraction of sp³-hybridized carbons (Fsp3) is 0.409. The Morgan fingerprint density at radius 3 is 2.58 bits per heavy atom. The van der Waals surface area contributed by atoms with Gasteiger partial charge in [0.15, 0.2) is 0 Å². The van der Waals surface area contributed by atoms with Crippen LogP contribution in [0.2, 0.25) is 0 Å². The summed E-state index contributed by atoms with van der Waals surface area (Å²) < 4.78 is 0. The van der Waals surface area contributed by atoms with Crippen LogP contribution >= 0.6 is 0 Å². The van der Waals surface area contributed by atoms with Crippen LogP contribution in [-0.4, -0.2) is 25.0 Å². The first-order valence-corrected chi connectivity index (χ1v) is 9.71. The van der Waals surface area contributed by atoms with Crippen molar-refractivity contribution in [3.05, 3.63) is 65.2 Å². The Bertz CT molecular complexity index is 723. The van der Waals surface area contributed by atoms with Gasteiger partial charge in [-0.3, -0.25) is 15.2 Å². The molecule has 4 nitrogen and oxygen atoms in total. The van der Waals surface area contributed by atoms with E-state index in [9.17, 15) is 4.79 Å². The molecule has 2 aromatic carbocycles. The number of hydrogen-bond acceptors (Lipinski definition) is 3. The summed E-state index contributed by atoms with van der Waals surface area (Å²) in [4.78, 5) is 12.9. The fourth-order valence-corrected chi connectivity index (χ4v) is 3.75. The zero-order valence-electron chi connectivity index (χ0n) is 15.8. The number of nitrogens with zero attached hydrogens (tertiary/aromatic N) is 1. The van der Waals surface area contributed by atoms with Crippen LogP contribution in [0.4, 0.5) is 5.69 Å². The largest absolute Gasteiger partial charge is 0.315 e. The second-order valence-corrected chi connectivity index (χ2v) is 6.80. The lowest BCUT2D eigenvalue weighted by molar-refractivity contribution is 0.0942. The Morgan fingerprint density at radius 1 is 1.12 bits per heavy atom. The van der Waals surface area contributed by atoms with Crippen molar-refractivity contribution in [3.8, 4) is 0 Å². The van der Waals surface area contributed by atoms with E-state index >= 15 is 0 Å². The molecule has 1 amide bonds. The molecule has 1 atom stereocenters. The van der Waals surface area contributed by atoms with Crippen molar-refractivity contribution in [1.29, 1.82) is 0 Å². The summed E-state index contributed by atoms with van der Waals surface area (Å²) >= 11 is 0. The lowest BCUT2D eigenvalue weighted by Crippen LogP contribution is -2.54. The van der Waals surface area contributed by atoms with Gasteiger partial charge >= 0.3 is 0 Å². The average molecular weight is 351 g/mol. The highest BCUT2D eigenvalue weighted by molar-refractivity contribution is 5.95. The lowest BCUT2D eigenvalue weighted by Gasteiger charge is -2.37. The summed E-state index contributed by atoms with van der Waals surface area (Å²) in [6, 6.07) is 16.1. The minimum absolute atomic E-state index is 0.0554. The lowest BCUT2D eigenvalue weighted by atomic mass is 9.98. The van der Waals surface area contributed by atoms with E-state index in [1.54, 1.807) is 0 Å². The maximum Gasteiger partial charge on any atom is 0.269 e. The molecule has 4 heteroatoms. The zero-order chi connectivity index (χ0) is 18.4. The number of rotatable bonds is 6. The minimum atomic E-state index is -0.0554. The predicted octanol–water partition coefficient (Wildman–Crippen LogP) is 3.71. The van der Waals surface area contributed by atoms with Crippen LogP contribution in [0.1, 0.15) is 48.2 Å². The predicted molar refractivity (Wildman–Crippen MR) is 107 cm³/mol. The van der Waals surface area contributed by atoms with E-state index in [4.69, 9.17) is 0 Å². The smallest absolute Gasteiger partial charge is 0.269 e. The number of carbonyl (C=O) groups is 1. The molecule has 0 radical (unpaired) electrons. The van der Waals surface area contributed by atoms with Gasteiger partial charge in [0.1, 0.15) is 0 Å². The fourth-order valence-electron chi connectivity index (χ4n) is 3.75. The highest BCUT2D eigenvalue weighted by Gasteiger charge is 2.25. The molecular formula is C22H29N3O. The van der Waals surface area contributed by atoms with Crippen molar-refractivity contribution < 1.29 is 4.79 Å². The number of anilines is 1. The molecule has 0 saturated carbocycles. The van der Waals surface area contributed by atoms with E-state index < -0.39 is 0 Å². The maximum absolute atomic E-state index is 12.9. The van der Waals surface area contributed by atoms with E-state index in [-0.39, 0.29) is 11.9 Å². The third kappa shape index (κ3) is 4.07. The minimum Gasteiger partial charge on any atom is -0.315 e. The second-order valence-electron chi connectivity index (χ2n) is 6.80. The number of hydrogen-bond donors (Lipinski definition) is 2. The summed E-state index contributed by atoms with van der Waals surface area (Å²) in [5.74, 6) is -0.0554. The van der Waals surface area contributed by atoms with Gasteiger partial charge in [-0.2, -0.15) is 0 Å². The molecule has 0 aliphatic carbocycles. The Kier molecular flexibility index (Phi) is 6.29. The van der Waals surface area contributed by atoms with Gasteiger partial charge in [-0.25, -0.2) is 0 Å². The van der Waals surface area contributed by atoms with Crippen LogP contribution < -0.4 is 15.8 Å². The van der Waals surface area contributed by atoms with E-state index in [0.29, 0.717) is 5.56 Å². The first-order valence-electron chi connectivity index (χ1n) is 9.71. The number of aryl methyl sites for hydroxylation is 1. The first-order chi connectivity index (χ1) is 12.7. The van der Waals surface area contributed by atoms with E-state index in [0.717, 1.165) is 44.5 Å². The Labute approximate surface area is 156 Å². The molecule has 3 rings (SSSR count). The topological polar surface area (TPSA) is 44.4 Å². The molecule has 2 N–H and O–H groups in total. The molecule has 0 spiro atoms. The van der Waals surface area contributed by atoms with Gasteiger partial charge in [0, 0.05) is 12.1 Å². The Balaban J connectivity index is 1.95. The molecule has 1 heterocycles. The van der Waals surface area contributed by atoms with Crippen LogP contribution in [-0.2, 0) is 12.8 Å². The highest BCUT2D eigenvalue weighted by Crippen LogP contribution is 2.27. The van der Waals surface area contributed by atoms with Crippen LogP contribution in [0.3, 0.4) is 0 Å². The number of carbonyl (C=O) groups excluding carboxylic acids is 1. The Morgan fingerprint density at radius 2 is 1.92 bits per heavy atom. The molecule has 1 fully saturated rings. The molecule has 1 saturated heterocycles. The molecule has 2 aromatic rings. The number of benzene rings is 2. The molecule has 1 unspecified atom stereocenters. The SMILES string of the molecule is CCc1cccc(N(NC(=O)c2ccccc2)C2CCCNC2)c1CC. The number of nitrogens with one attached hydrogen (secondary N) is 2. The third-order valence-corrected chi connectivity index (χ3v) is 5.14. The molecule has 138 valence electrons. The molecule has 1 aliphatic heterocycles. The van der Waals surface area contributed by atoms with E-state index in [1.165, 1.54) is 11.1 Å². The first kappa shape index (κ1) is 18.5. The molecule has 26 heavy (non-hydrogen) atoms. The van der Waals surface area contributed by atoms with Gasteiger partial charge < -0.3 is 5.32 Å². The molecule has 0 bridgehead atoms. The molecular weight excluding hydrogens is 322 g/mol.